The van der Waals surface area contributed by atoms with Crippen LogP contribution in [0.1, 0.15) is 18.3 Å². The zero-order chi connectivity index (χ0) is 13.0. The van der Waals surface area contributed by atoms with E-state index >= 15 is 0 Å². The SMILES string of the molecule is CCNCc1c(F)cccc1-n1cnc(C#N)n1. The number of hydrogen-bond acceptors (Lipinski definition) is 4. The van der Waals surface area contributed by atoms with Gasteiger partial charge in [-0.05, 0) is 18.7 Å². The van der Waals surface area contributed by atoms with Gasteiger partial charge < -0.3 is 5.32 Å². The Morgan fingerprint density at radius 2 is 2.33 bits per heavy atom. The van der Waals surface area contributed by atoms with Gasteiger partial charge in [0.1, 0.15) is 18.2 Å². The summed E-state index contributed by atoms with van der Waals surface area (Å²) in [7, 11) is 0. The number of nitriles is 1. The summed E-state index contributed by atoms with van der Waals surface area (Å²) in [5.41, 5.74) is 1.10. The lowest BCUT2D eigenvalue weighted by Gasteiger charge is -2.10. The Balaban J connectivity index is 2.43. The number of aromatic nitrogens is 3. The molecule has 0 amide bonds. The van der Waals surface area contributed by atoms with Crippen LogP contribution in [-0.4, -0.2) is 21.3 Å². The predicted octanol–water partition coefficient (Wildman–Crippen LogP) is 1.39. The van der Waals surface area contributed by atoms with Gasteiger partial charge in [-0.25, -0.2) is 14.1 Å². The first-order valence-electron chi connectivity index (χ1n) is 5.56. The highest BCUT2D eigenvalue weighted by Crippen LogP contribution is 2.17. The van der Waals surface area contributed by atoms with Crippen LogP contribution in [0.25, 0.3) is 5.69 Å². The molecule has 0 fully saturated rings. The number of nitrogens with zero attached hydrogens (tertiary/aromatic N) is 4. The highest BCUT2D eigenvalue weighted by atomic mass is 19.1. The van der Waals surface area contributed by atoms with Crippen molar-refractivity contribution in [2.75, 3.05) is 6.54 Å². The van der Waals surface area contributed by atoms with Crippen molar-refractivity contribution < 1.29 is 4.39 Å². The summed E-state index contributed by atoms with van der Waals surface area (Å²) in [5.74, 6) is -0.240. The molecule has 5 nitrogen and oxygen atoms in total. The Morgan fingerprint density at radius 3 is 3.00 bits per heavy atom. The van der Waals surface area contributed by atoms with Crippen molar-refractivity contribution in [3.63, 3.8) is 0 Å². The topological polar surface area (TPSA) is 66.5 Å². The Labute approximate surface area is 104 Å². The first-order chi connectivity index (χ1) is 8.76. The van der Waals surface area contributed by atoms with Crippen LogP contribution in [0, 0.1) is 17.1 Å². The van der Waals surface area contributed by atoms with E-state index in [4.69, 9.17) is 5.26 Å². The molecular formula is C12H12FN5. The standard InChI is InChI=1S/C12H12FN5/c1-2-15-7-9-10(13)4-3-5-11(9)18-8-16-12(6-14)17-18/h3-5,8,15H,2,7H2,1H3. The van der Waals surface area contributed by atoms with Gasteiger partial charge in [-0.15, -0.1) is 5.10 Å². The minimum atomic E-state index is -0.303. The van der Waals surface area contributed by atoms with E-state index in [-0.39, 0.29) is 11.6 Å². The van der Waals surface area contributed by atoms with Gasteiger partial charge in [0.15, 0.2) is 0 Å². The van der Waals surface area contributed by atoms with Crippen LogP contribution in [0.4, 0.5) is 4.39 Å². The molecular weight excluding hydrogens is 233 g/mol. The van der Waals surface area contributed by atoms with Crippen LogP contribution >= 0.6 is 0 Å². The van der Waals surface area contributed by atoms with Crippen molar-refractivity contribution in [2.45, 2.75) is 13.5 Å². The second kappa shape index (κ2) is 5.38. The van der Waals surface area contributed by atoms with Crippen LogP contribution in [-0.2, 0) is 6.54 Å². The predicted molar refractivity (Wildman–Crippen MR) is 63.4 cm³/mol. The first kappa shape index (κ1) is 12.2. The molecule has 92 valence electrons. The van der Waals surface area contributed by atoms with Crippen molar-refractivity contribution in [1.82, 2.24) is 20.1 Å². The fraction of sp³-hybridized carbons (Fsp3) is 0.250. The Morgan fingerprint density at radius 1 is 1.50 bits per heavy atom. The van der Waals surface area contributed by atoms with Crippen LogP contribution in [0.3, 0.4) is 0 Å². The van der Waals surface area contributed by atoms with Crippen LogP contribution in [0.15, 0.2) is 24.5 Å². The van der Waals surface area contributed by atoms with E-state index in [0.717, 1.165) is 6.54 Å². The number of halogens is 1. The first-order valence-corrected chi connectivity index (χ1v) is 5.56. The van der Waals surface area contributed by atoms with Crippen LogP contribution in [0.2, 0.25) is 0 Å². The summed E-state index contributed by atoms with van der Waals surface area (Å²) in [5, 5.41) is 15.7. The Hall–Kier alpha value is -2.26. The summed E-state index contributed by atoms with van der Waals surface area (Å²) >= 11 is 0. The van der Waals surface area contributed by atoms with Gasteiger partial charge in [0.2, 0.25) is 0 Å². The van der Waals surface area contributed by atoms with Gasteiger partial charge in [-0.1, -0.05) is 13.0 Å². The smallest absolute Gasteiger partial charge is 0.252 e. The molecule has 0 saturated heterocycles. The third-order valence-electron chi connectivity index (χ3n) is 2.48. The summed E-state index contributed by atoms with van der Waals surface area (Å²) in [6, 6.07) is 6.59. The lowest BCUT2D eigenvalue weighted by molar-refractivity contribution is 0.589. The molecule has 6 heteroatoms. The summed E-state index contributed by atoms with van der Waals surface area (Å²) in [4.78, 5) is 3.81. The van der Waals surface area contributed by atoms with Gasteiger partial charge in [0.05, 0.1) is 5.69 Å². The van der Waals surface area contributed by atoms with Gasteiger partial charge in [-0.3, -0.25) is 0 Å². The summed E-state index contributed by atoms with van der Waals surface area (Å²) in [6.45, 7) is 3.10. The lowest BCUT2D eigenvalue weighted by Crippen LogP contribution is -2.15. The molecule has 0 aliphatic rings. The molecule has 0 aliphatic carbocycles. The maximum atomic E-state index is 13.8. The maximum Gasteiger partial charge on any atom is 0.252 e. The van der Waals surface area contributed by atoms with E-state index in [2.05, 4.69) is 15.4 Å². The summed E-state index contributed by atoms with van der Waals surface area (Å²) in [6.07, 6.45) is 1.41. The fourth-order valence-electron chi connectivity index (χ4n) is 1.62. The van der Waals surface area contributed by atoms with Crippen molar-refractivity contribution in [3.05, 3.63) is 41.7 Å². The van der Waals surface area contributed by atoms with Crippen molar-refractivity contribution in [2.24, 2.45) is 0 Å². The van der Waals surface area contributed by atoms with Crippen molar-refractivity contribution in [1.29, 1.82) is 5.26 Å². The quantitative estimate of drug-likeness (QED) is 0.883. The molecule has 0 unspecified atom stereocenters. The Kier molecular flexibility index (Phi) is 3.65. The second-order valence-corrected chi connectivity index (χ2v) is 3.64. The van der Waals surface area contributed by atoms with E-state index in [0.29, 0.717) is 17.8 Å². The fourth-order valence-corrected chi connectivity index (χ4v) is 1.62. The van der Waals surface area contributed by atoms with E-state index in [1.54, 1.807) is 12.1 Å². The minimum absolute atomic E-state index is 0.0636. The normalized spacial score (nSPS) is 10.3. The van der Waals surface area contributed by atoms with E-state index in [9.17, 15) is 4.39 Å². The summed E-state index contributed by atoms with van der Waals surface area (Å²) < 4.78 is 15.2. The second-order valence-electron chi connectivity index (χ2n) is 3.64. The average molecular weight is 245 g/mol. The van der Waals surface area contributed by atoms with Crippen LogP contribution < -0.4 is 5.32 Å². The lowest BCUT2D eigenvalue weighted by atomic mass is 10.1. The zero-order valence-electron chi connectivity index (χ0n) is 9.89. The Bertz CT molecular complexity index is 584. The molecule has 1 aromatic carbocycles. The maximum absolute atomic E-state index is 13.8. The van der Waals surface area contributed by atoms with Gasteiger partial charge >= 0.3 is 0 Å². The molecule has 1 N–H and O–H groups in total. The molecule has 2 aromatic rings. The van der Waals surface area contributed by atoms with Crippen LogP contribution in [0.5, 0.6) is 0 Å². The minimum Gasteiger partial charge on any atom is -0.313 e. The highest BCUT2D eigenvalue weighted by Gasteiger charge is 2.11. The zero-order valence-corrected chi connectivity index (χ0v) is 9.89. The molecule has 2 rings (SSSR count). The number of hydrogen-bond donors (Lipinski definition) is 1. The molecule has 0 saturated carbocycles. The third-order valence-corrected chi connectivity index (χ3v) is 2.48. The van der Waals surface area contributed by atoms with Crippen molar-refractivity contribution >= 4 is 0 Å². The molecule has 0 atom stereocenters. The van der Waals surface area contributed by atoms with Gasteiger partial charge in [0.25, 0.3) is 5.82 Å². The number of rotatable bonds is 4. The molecule has 0 bridgehead atoms. The molecule has 0 spiro atoms. The molecule has 0 aliphatic heterocycles. The third kappa shape index (κ3) is 2.36. The molecule has 1 heterocycles. The van der Waals surface area contributed by atoms with E-state index < -0.39 is 0 Å². The highest BCUT2D eigenvalue weighted by molar-refractivity contribution is 5.41. The number of nitrogens with one attached hydrogen (secondary N) is 1. The molecule has 18 heavy (non-hydrogen) atoms. The van der Waals surface area contributed by atoms with Gasteiger partial charge in [0, 0.05) is 12.1 Å². The largest absolute Gasteiger partial charge is 0.313 e. The molecule has 0 radical (unpaired) electrons. The monoisotopic (exact) mass is 245 g/mol. The van der Waals surface area contributed by atoms with Crippen molar-refractivity contribution in [3.8, 4) is 11.8 Å². The van der Waals surface area contributed by atoms with E-state index in [1.807, 2.05) is 13.0 Å². The number of benzene rings is 1. The van der Waals surface area contributed by atoms with E-state index in [1.165, 1.54) is 17.1 Å². The average Bonchev–Trinajstić information content (AvgIpc) is 2.85. The van der Waals surface area contributed by atoms with Gasteiger partial charge in [-0.2, -0.15) is 5.26 Å². The molecule has 1 aromatic heterocycles.